The molecule has 34 heavy (non-hydrogen) atoms. The molecule has 3 aliphatic heterocycles. The Bertz CT molecular complexity index is 1550. The van der Waals surface area contributed by atoms with E-state index in [0.717, 1.165) is 22.9 Å². The first kappa shape index (κ1) is 19.5. The highest BCUT2D eigenvalue weighted by Crippen LogP contribution is 2.49. The van der Waals surface area contributed by atoms with Gasteiger partial charge in [0, 0.05) is 23.7 Å². The molecule has 9 heteroatoms. The first-order valence-electron chi connectivity index (χ1n) is 11.1. The van der Waals surface area contributed by atoms with Gasteiger partial charge in [-0.2, -0.15) is 0 Å². The quantitative estimate of drug-likeness (QED) is 0.428. The maximum absolute atomic E-state index is 13.5. The van der Waals surface area contributed by atoms with E-state index in [1.54, 1.807) is 4.57 Å². The number of anilines is 1. The Hall–Kier alpha value is -3.98. The molecule has 3 aromatic carbocycles. The summed E-state index contributed by atoms with van der Waals surface area (Å²) in [6.07, 6.45) is 0.734. The summed E-state index contributed by atoms with van der Waals surface area (Å²) in [7, 11) is 0. The van der Waals surface area contributed by atoms with Crippen molar-refractivity contribution in [2.24, 2.45) is 0 Å². The van der Waals surface area contributed by atoms with Crippen LogP contribution in [-0.2, 0) is 0 Å². The second kappa shape index (κ2) is 7.01. The topological polar surface area (TPSA) is 80.9 Å². The van der Waals surface area contributed by atoms with Gasteiger partial charge in [-0.3, -0.25) is 4.57 Å². The third-order valence-corrected chi connectivity index (χ3v) is 7.29. The van der Waals surface area contributed by atoms with Crippen LogP contribution in [0.5, 0.6) is 17.4 Å². The number of imidazole rings is 1. The van der Waals surface area contributed by atoms with Crippen LogP contribution in [-0.4, -0.2) is 37.6 Å². The number of nitrogens with one attached hydrogen (secondary N) is 1. The van der Waals surface area contributed by atoms with E-state index in [4.69, 9.17) is 21.7 Å². The van der Waals surface area contributed by atoms with E-state index in [2.05, 4.69) is 5.32 Å². The normalized spacial score (nSPS) is 19.6. The minimum atomic E-state index is -0.217. The molecule has 2 N–H and O–H groups in total. The lowest BCUT2D eigenvalue weighted by atomic mass is 10.1. The fourth-order valence-electron chi connectivity index (χ4n) is 5.46. The number of rotatable bonds is 2. The summed E-state index contributed by atoms with van der Waals surface area (Å²) in [6, 6.07) is 19.0. The van der Waals surface area contributed by atoms with Crippen LogP contribution in [0.3, 0.4) is 0 Å². The maximum Gasteiger partial charge on any atom is 0.336 e. The summed E-state index contributed by atoms with van der Waals surface area (Å²) < 4.78 is 14.0. The number of benzene rings is 3. The molecule has 1 saturated heterocycles. The van der Waals surface area contributed by atoms with Crippen molar-refractivity contribution in [1.29, 1.82) is 0 Å². The number of fused-ring (bicyclic) bond motifs is 7. The Kier molecular flexibility index (Phi) is 4.02. The van der Waals surface area contributed by atoms with E-state index in [-0.39, 0.29) is 30.4 Å². The third-order valence-electron chi connectivity index (χ3n) is 6.95. The van der Waals surface area contributed by atoms with E-state index in [1.165, 1.54) is 4.57 Å². The van der Waals surface area contributed by atoms with Crippen molar-refractivity contribution < 1.29 is 14.6 Å². The molecule has 0 radical (unpaired) electrons. The van der Waals surface area contributed by atoms with Crippen LogP contribution in [0.2, 0.25) is 0 Å². The van der Waals surface area contributed by atoms with Crippen molar-refractivity contribution in [3.63, 3.8) is 0 Å². The molecule has 2 unspecified atom stereocenters. The molecule has 0 aliphatic carbocycles. The van der Waals surface area contributed by atoms with Crippen LogP contribution < -0.4 is 20.5 Å². The van der Waals surface area contributed by atoms with Gasteiger partial charge in [-0.25, -0.2) is 9.36 Å². The summed E-state index contributed by atoms with van der Waals surface area (Å²) >= 11 is 5.72. The molecule has 2 atom stereocenters. The van der Waals surface area contributed by atoms with Gasteiger partial charge in [0.05, 0.1) is 17.8 Å². The van der Waals surface area contributed by atoms with Gasteiger partial charge in [0.25, 0.3) is 0 Å². The zero-order valence-electron chi connectivity index (χ0n) is 18.0. The highest BCUT2D eigenvalue weighted by atomic mass is 32.1. The van der Waals surface area contributed by atoms with Gasteiger partial charge in [0.15, 0.2) is 16.6 Å². The zero-order chi connectivity index (χ0) is 23.0. The first-order chi connectivity index (χ1) is 16.6. The molecule has 0 amide bonds. The summed E-state index contributed by atoms with van der Waals surface area (Å²) in [4.78, 5) is 15.5. The molecule has 1 aromatic heterocycles. The lowest BCUT2D eigenvalue weighted by Gasteiger charge is -2.30. The zero-order valence-corrected chi connectivity index (χ0v) is 18.8. The largest absolute Gasteiger partial charge is 0.493 e. The van der Waals surface area contributed by atoms with Gasteiger partial charge < -0.3 is 24.8 Å². The van der Waals surface area contributed by atoms with Crippen LogP contribution in [0.1, 0.15) is 24.2 Å². The Balaban J connectivity index is 1.24. The molecule has 170 valence electrons. The molecule has 4 aromatic rings. The number of hydrogen-bond donors (Lipinski definition) is 2. The van der Waals surface area contributed by atoms with Crippen molar-refractivity contribution in [1.82, 2.24) is 14.0 Å². The Labute approximate surface area is 199 Å². The molecule has 4 heterocycles. The number of ether oxygens (including phenoxy) is 2. The third kappa shape index (κ3) is 2.64. The SMILES string of the molecule is O=c1n(-c2cccc3ccccc23)c(O)c2n1C1CC2N(C(=S)Nc2ccc3c(c2)OCO3)C1. The van der Waals surface area contributed by atoms with Gasteiger partial charge in [0.2, 0.25) is 12.7 Å². The summed E-state index contributed by atoms with van der Waals surface area (Å²) in [5.41, 5.74) is 1.87. The van der Waals surface area contributed by atoms with Crippen LogP contribution in [0.25, 0.3) is 16.5 Å². The van der Waals surface area contributed by atoms with E-state index in [1.807, 2.05) is 65.6 Å². The van der Waals surface area contributed by atoms with Crippen molar-refractivity contribution in [2.45, 2.75) is 18.5 Å². The lowest BCUT2D eigenvalue weighted by Crippen LogP contribution is -2.39. The molecular formula is C25H20N4O4S. The molecule has 7 rings (SSSR count). The maximum atomic E-state index is 13.5. The molecule has 2 bridgehead atoms. The Morgan fingerprint density at radius 1 is 1.06 bits per heavy atom. The fourth-order valence-corrected chi connectivity index (χ4v) is 5.78. The first-order valence-corrected chi connectivity index (χ1v) is 11.5. The minimum Gasteiger partial charge on any atom is -0.493 e. The number of thiocarbonyl (C=S) groups is 1. The summed E-state index contributed by atoms with van der Waals surface area (Å²) in [5.74, 6) is 1.36. The predicted molar refractivity (Wildman–Crippen MR) is 131 cm³/mol. The fraction of sp³-hybridized carbons (Fsp3) is 0.200. The van der Waals surface area contributed by atoms with Crippen molar-refractivity contribution in [3.05, 3.63) is 76.8 Å². The van der Waals surface area contributed by atoms with E-state index in [9.17, 15) is 9.90 Å². The molecule has 0 saturated carbocycles. The average molecular weight is 473 g/mol. The van der Waals surface area contributed by atoms with Crippen LogP contribution in [0.15, 0.2) is 65.5 Å². The standard InChI is InChI=1S/C25H20N4O4S/c30-23-22-19-11-16(12-27(19)24(34)26-15-8-9-20-21(10-15)33-13-32-20)28(22)25(31)29(23)18-7-3-5-14-4-1-2-6-17(14)18/h1-10,16,19,30H,11-13H2,(H,26,34). The van der Waals surface area contributed by atoms with E-state index >= 15 is 0 Å². The van der Waals surface area contributed by atoms with Crippen LogP contribution >= 0.6 is 12.2 Å². The monoisotopic (exact) mass is 472 g/mol. The lowest BCUT2D eigenvalue weighted by molar-refractivity contribution is 0.174. The highest BCUT2D eigenvalue weighted by molar-refractivity contribution is 7.80. The number of nitrogens with zero attached hydrogens (tertiary/aromatic N) is 3. The van der Waals surface area contributed by atoms with Crippen molar-refractivity contribution in [2.75, 3.05) is 18.7 Å². The van der Waals surface area contributed by atoms with Gasteiger partial charge in [-0.1, -0.05) is 36.4 Å². The van der Waals surface area contributed by atoms with Gasteiger partial charge in [-0.05, 0) is 42.2 Å². The number of likely N-dealkylation sites (tertiary alicyclic amines) is 1. The van der Waals surface area contributed by atoms with Crippen LogP contribution in [0.4, 0.5) is 5.69 Å². The summed E-state index contributed by atoms with van der Waals surface area (Å²) in [6.45, 7) is 0.816. The van der Waals surface area contributed by atoms with E-state index in [0.29, 0.717) is 34.5 Å². The number of aromatic nitrogens is 2. The molecular weight excluding hydrogens is 452 g/mol. The molecule has 3 aliphatic rings. The van der Waals surface area contributed by atoms with Gasteiger partial charge in [0.1, 0.15) is 5.69 Å². The smallest absolute Gasteiger partial charge is 0.336 e. The Morgan fingerprint density at radius 2 is 1.88 bits per heavy atom. The molecule has 1 fully saturated rings. The number of hydrogen-bond acceptors (Lipinski definition) is 5. The average Bonchev–Trinajstić information content (AvgIpc) is 3.62. The van der Waals surface area contributed by atoms with Gasteiger partial charge in [-0.15, -0.1) is 0 Å². The second-order valence-electron chi connectivity index (χ2n) is 8.75. The van der Waals surface area contributed by atoms with Crippen molar-refractivity contribution >= 4 is 33.8 Å². The molecule has 0 spiro atoms. The van der Waals surface area contributed by atoms with E-state index < -0.39 is 0 Å². The second-order valence-corrected chi connectivity index (χ2v) is 9.14. The van der Waals surface area contributed by atoms with Crippen LogP contribution in [0, 0.1) is 0 Å². The van der Waals surface area contributed by atoms with Crippen molar-refractivity contribution in [3.8, 4) is 23.1 Å². The Morgan fingerprint density at radius 3 is 2.79 bits per heavy atom. The molecule has 8 nitrogen and oxygen atoms in total. The summed E-state index contributed by atoms with van der Waals surface area (Å²) in [5, 5.41) is 17.0. The number of aromatic hydroxyl groups is 1. The highest BCUT2D eigenvalue weighted by Gasteiger charge is 2.48. The minimum absolute atomic E-state index is 0.0237. The predicted octanol–water partition coefficient (Wildman–Crippen LogP) is 3.93. The van der Waals surface area contributed by atoms with Gasteiger partial charge >= 0.3 is 5.69 Å².